The molecule has 1 atom stereocenters. The highest BCUT2D eigenvalue weighted by Crippen LogP contribution is 2.30. The maximum atomic E-state index is 12.9. The molecule has 0 spiro atoms. The molecule has 0 saturated carbocycles. The number of carbonyl (C=O) groups is 2. The number of nitrogens with one attached hydrogen (secondary N) is 1. The van der Waals surface area contributed by atoms with Crippen LogP contribution < -0.4 is 11.1 Å². The second-order valence-electron chi connectivity index (χ2n) is 7.78. The molecule has 154 valence electrons. The Morgan fingerprint density at radius 2 is 1.90 bits per heavy atom. The van der Waals surface area contributed by atoms with Crippen LogP contribution in [0, 0.1) is 0 Å². The van der Waals surface area contributed by atoms with Crippen molar-refractivity contribution in [1.82, 2.24) is 14.8 Å². The molecule has 1 aromatic heterocycles. The average molecular weight is 426 g/mol. The molecule has 1 saturated heterocycles. The lowest BCUT2D eigenvalue weighted by atomic mass is 10.0. The molecule has 1 unspecified atom stereocenters. The van der Waals surface area contributed by atoms with E-state index in [0.29, 0.717) is 47.6 Å². The smallest absolute Gasteiger partial charge is 0.408 e. The van der Waals surface area contributed by atoms with Gasteiger partial charge in [-0.1, -0.05) is 29.8 Å². The number of rotatable bonds is 3. The number of halogens is 1. The summed E-state index contributed by atoms with van der Waals surface area (Å²) in [6, 6.07) is 12.1. The lowest BCUT2D eigenvalue weighted by Crippen LogP contribution is -2.41. The van der Waals surface area contributed by atoms with E-state index in [2.05, 4.69) is 5.32 Å². The van der Waals surface area contributed by atoms with Crippen LogP contribution >= 0.6 is 11.6 Å². The van der Waals surface area contributed by atoms with E-state index in [1.807, 2.05) is 23.1 Å². The van der Waals surface area contributed by atoms with Gasteiger partial charge in [0.1, 0.15) is 0 Å². The van der Waals surface area contributed by atoms with Crippen molar-refractivity contribution < 1.29 is 14.0 Å². The third kappa shape index (κ3) is 3.19. The highest BCUT2D eigenvalue weighted by molar-refractivity contribution is 6.31. The van der Waals surface area contributed by atoms with Crippen LogP contribution in [0.15, 0.2) is 51.7 Å². The fourth-order valence-electron chi connectivity index (χ4n) is 4.51. The molecule has 7 nitrogen and oxygen atoms in total. The topological polar surface area (TPSA) is 84.5 Å². The quantitative estimate of drug-likeness (QED) is 0.697. The number of piperidine rings is 1. The van der Waals surface area contributed by atoms with Gasteiger partial charge in [0, 0.05) is 29.7 Å². The highest BCUT2D eigenvalue weighted by Gasteiger charge is 2.32. The van der Waals surface area contributed by atoms with Crippen LogP contribution in [-0.4, -0.2) is 34.4 Å². The molecule has 2 aromatic carbocycles. The zero-order valence-corrected chi connectivity index (χ0v) is 16.9. The number of amides is 2. The number of aromatic nitrogens is 1. The summed E-state index contributed by atoms with van der Waals surface area (Å²) in [5, 5.41) is 3.44. The summed E-state index contributed by atoms with van der Waals surface area (Å²) in [4.78, 5) is 39.1. The lowest BCUT2D eigenvalue weighted by Gasteiger charge is -2.33. The van der Waals surface area contributed by atoms with E-state index in [0.717, 1.165) is 5.56 Å². The van der Waals surface area contributed by atoms with Crippen molar-refractivity contribution in [3.8, 4) is 0 Å². The predicted molar refractivity (Wildman–Crippen MR) is 112 cm³/mol. The Balaban J connectivity index is 1.27. The minimum absolute atomic E-state index is 0.00268. The Kier molecular flexibility index (Phi) is 4.62. The van der Waals surface area contributed by atoms with Crippen LogP contribution in [0.5, 0.6) is 0 Å². The number of hydrogen-bond donors (Lipinski definition) is 1. The zero-order chi connectivity index (χ0) is 20.8. The van der Waals surface area contributed by atoms with Gasteiger partial charge in [-0.25, -0.2) is 4.79 Å². The van der Waals surface area contributed by atoms with Crippen molar-refractivity contribution in [3.05, 3.63) is 69.2 Å². The molecule has 1 N–H and O–H groups in total. The first kappa shape index (κ1) is 18.9. The SMILES string of the molecule is O=C1NC(CC(=O)N2CCC(n3c(=O)oc4ccc(Cl)cc43)CC2)c2ccccc21. The molecule has 0 radical (unpaired) electrons. The summed E-state index contributed by atoms with van der Waals surface area (Å²) in [6.07, 6.45) is 1.54. The summed E-state index contributed by atoms with van der Waals surface area (Å²) < 4.78 is 6.99. The molecule has 5 rings (SSSR count). The molecule has 3 heterocycles. The van der Waals surface area contributed by atoms with Crippen molar-refractivity contribution in [1.29, 1.82) is 0 Å². The number of oxazole rings is 1. The monoisotopic (exact) mass is 425 g/mol. The molecule has 3 aromatic rings. The zero-order valence-electron chi connectivity index (χ0n) is 16.1. The molecule has 30 heavy (non-hydrogen) atoms. The first-order valence-corrected chi connectivity index (χ1v) is 10.4. The van der Waals surface area contributed by atoms with Gasteiger partial charge in [0.25, 0.3) is 5.91 Å². The van der Waals surface area contributed by atoms with Gasteiger partial charge in [-0.05, 0) is 42.7 Å². The Hall–Kier alpha value is -3.06. The Morgan fingerprint density at radius 3 is 2.70 bits per heavy atom. The van der Waals surface area contributed by atoms with Crippen LogP contribution in [0.2, 0.25) is 5.02 Å². The number of likely N-dealkylation sites (tertiary alicyclic amines) is 1. The standard InChI is InChI=1S/C22H20ClN3O4/c23-13-5-6-19-18(11-13)26(22(29)30-19)14-7-9-25(10-8-14)20(27)12-17-15-3-1-2-4-16(15)21(28)24-17/h1-6,11,14,17H,7-10,12H2,(H,24,28). The molecule has 2 aliphatic heterocycles. The summed E-state index contributed by atoms with van der Waals surface area (Å²) in [7, 11) is 0. The van der Waals surface area contributed by atoms with Crippen molar-refractivity contribution in [2.75, 3.05) is 13.1 Å². The molecule has 0 bridgehead atoms. The van der Waals surface area contributed by atoms with E-state index >= 15 is 0 Å². The minimum atomic E-state index is -0.401. The largest absolute Gasteiger partial charge is 0.420 e. The number of fused-ring (bicyclic) bond motifs is 2. The van der Waals surface area contributed by atoms with Crippen molar-refractivity contribution >= 4 is 34.5 Å². The molecule has 2 amide bonds. The number of nitrogens with zero attached hydrogens (tertiary/aromatic N) is 2. The summed E-state index contributed by atoms with van der Waals surface area (Å²) in [5.74, 6) is -0.530. The van der Waals surface area contributed by atoms with Gasteiger partial charge < -0.3 is 14.6 Å². The van der Waals surface area contributed by atoms with Gasteiger partial charge in [0.15, 0.2) is 5.58 Å². The first-order chi connectivity index (χ1) is 14.5. The van der Waals surface area contributed by atoms with Gasteiger partial charge >= 0.3 is 5.76 Å². The maximum absolute atomic E-state index is 12.9. The third-order valence-electron chi connectivity index (χ3n) is 6.02. The Labute approximate surface area is 177 Å². The average Bonchev–Trinajstić information content (AvgIpc) is 3.24. The third-order valence-corrected chi connectivity index (χ3v) is 6.26. The van der Waals surface area contributed by atoms with Crippen molar-refractivity contribution in [2.24, 2.45) is 0 Å². The second-order valence-corrected chi connectivity index (χ2v) is 8.22. The molecular formula is C22H20ClN3O4. The van der Waals surface area contributed by atoms with Gasteiger partial charge in [-0.2, -0.15) is 0 Å². The van der Waals surface area contributed by atoms with Crippen LogP contribution in [0.4, 0.5) is 0 Å². The van der Waals surface area contributed by atoms with Crippen LogP contribution in [0.25, 0.3) is 11.1 Å². The number of benzene rings is 2. The van der Waals surface area contributed by atoms with Crippen LogP contribution in [0.3, 0.4) is 0 Å². The minimum Gasteiger partial charge on any atom is -0.408 e. The van der Waals surface area contributed by atoms with Gasteiger partial charge in [0.2, 0.25) is 5.91 Å². The molecular weight excluding hydrogens is 406 g/mol. The maximum Gasteiger partial charge on any atom is 0.420 e. The molecule has 0 aliphatic carbocycles. The van der Waals surface area contributed by atoms with Crippen molar-refractivity contribution in [3.63, 3.8) is 0 Å². The number of carbonyl (C=O) groups excluding carboxylic acids is 2. The fraction of sp³-hybridized carbons (Fsp3) is 0.318. The van der Waals surface area contributed by atoms with Crippen LogP contribution in [-0.2, 0) is 4.79 Å². The predicted octanol–water partition coefficient (Wildman–Crippen LogP) is 3.29. The lowest BCUT2D eigenvalue weighted by molar-refractivity contribution is -0.133. The molecule has 2 aliphatic rings. The van der Waals surface area contributed by atoms with Crippen LogP contribution in [0.1, 0.15) is 47.3 Å². The van der Waals surface area contributed by atoms with E-state index in [-0.39, 0.29) is 30.3 Å². The van der Waals surface area contributed by atoms with Gasteiger partial charge in [-0.15, -0.1) is 0 Å². The van der Waals surface area contributed by atoms with E-state index in [9.17, 15) is 14.4 Å². The fourth-order valence-corrected chi connectivity index (χ4v) is 4.68. The van der Waals surface area contributed by atoms with E-state index in [1.54, 1.807) is 28.8 Å². The molecule has 1 fully saturated rings. The Morgan fingerprint density at radius 1 is 1.13 bits per heavy atom. The van der Waals surface area contributed by atoms with Crippen molar-refractivity contribution in [2.45, 2.75) is 31.3 Å². The van der Waals surface area contributed by atoms with E-state index in [4.69, 9.17) is 16.0 Å². The van der Waals surface area contributed by atoms with Gasteiger partial charge in [0.05, 0.1) is 18.0 Å². The number of hydrogen-bond acceptors (Lipinski definition) is 4. The highest BCUT2D eigenvalue weighted by atomic mass is 35.5. The summed E-state index contributed by atoms with van der Waals surface area (Å²) >= 11 is 6.09. The summed E-state index contributed by atoms with van der Waals surface area (Å²) in [6.45, 7) is 1.09. The summed E-state index contributed by atoms with van der Waals surface area (Å²) in [5.41, 5.74) is 2.71. The normalized spacial score (nSPS) is 19.2. The van der Waals surface area contributed by atoms with E-state index < -0.39 is 5.76 Å². The van der Waals surface area contributed by atoms with Gasteiger partial charge in [-0.3, -0.25) is 14.2 Å². The Bertz CT molecular complexity index is 1210. The first-order valence-electron chi connectivity index (χ1n) is 9.99. The molecule has 8 heteroatoms. The second kappa shape index (κ2) is 7.32. The van der Waals surface area contributed by atoms with E-state index in [1.165, 1.54) is 0 Å².